The van der Waals surface area contributed by atoms with Crippen molar-refractivity contribution in [3.05, 3.63) is 17.0 Å². The molecule has 2 fully saturated rings. The van der Waals surface area contributed by atoms with Gasteiger partial charge in [-0.3, -0.25) is 4.68 Å². The van der Waals surface area contributed by atoms with E-state index in [2.05, 4.69) is 9.84 Å². The molecule has 9 heteroatoms. The van der Waals surface area contributed by atoms with Gasteiger partial charge in [-0.15, -0.1) is 0 Å². The van der Waals surface area contributed by atoms with Gasteiger partial charge in [0, 0.05) is 25.3 Å². The summed E-state index contributed by atoms with van der Waals surface area (Å²) in [6.07, 6.45) is -2.93. The van der Waals surface area contributed by atoms with Crippen LogP contribution in [-0.4, -0.2) is 28.8 Å². The number of carbonyl (C=O) groups is 1. The molecule has 0 unspecified atom stereocenters. The van der Waals surface area contributed by atoms with Crippen LogP contribution in [0.4, 0.5) is 22.0 Å². The zero-order valence-corrected chi connectivity index (χ0v) is 14.6. The van der Waals surface area contributed by atoms with E-state index in [9.17, 15) is 26.7 Å². The zero-order chi connectivity index (χ0) is 19.3. The number of hydrogen-bond acceptors (Lipinski definition) is 3. The van der Waals surface area contributed by atoms with Crippen molar-refractivity contribution in [1.82, 2.24) is 9.78 Å². The van der Waals surface area contributed by atoms with Crippen molar-refractivity contribution in [1.29, 1.82) is 0 Å². The van der Waals surface area contributed by atoms with Gasteiger partial charge in [0.25, 0.3) is 0 Å². The molecule has 2 aliphatic carbocycles. The molecule has 26 heavy (non-hydrogen) atoms. The largest absolute Gasteiger partial charge is 0.464 e. The molecule has 2 saturated carbocycles. The second-order valence-corrected chi connectivity index (χ2v) is 7.76. The highest BCUT2D eigenvalue weighted by atomic mass is 19.4. The first-order valence-electron chi connectivity index (χ1n) is 8.60. The minimum Gasteiger partial charge on any atom is -0.464 e. The van der Waals surface area contributed by atoms with Gasteiger partial charge < -0.3 is 4.74 Å². The molecule has 2 aliphatic rings. The number of methoxy groups -OCH3 is 1. The Hall–Kier alpha value is -1.67. The number of carbonyl (C=O) groups excluding carboxylic acids is 1. The van der Waals surface area contributed by atoms with Crippen molar-refractivity contribution >= 4 is 5.97 Å². The Morgan fingerprint density at radius 1 is 1.27 bits per heavy atom. The monoisotopic (exact) mass is 380 g/mol. The summed E-state index contributed by atoms with van der Waals surface area (Å²) < 4.78 is 73.3. The lowest BCUT2D eigenvalue weighted by molar-refractivity contribution is -0.160. The van der Waals surface area contributed by atoms with Gasteiger partial charge in [0.15, 0.2) is 5.69 Å². The molecule has 0 N–H and O–H groups in total. The molecule has 146 valence electrons. The number of aromatic nitrogens is 2. The predicted molar refractivity (Wildman–Crippen MR) is 82.1 cm³/mol. The van der Waals surface area contributed by atoms with Crippen LogP contribution in [0.25, 0.3) is 0 Å². The highest BCUT2D eigenvalue weighted by Crippen LogP contribution is 2.53. The molecule has 0 atom stereocenters. The summed E-state index contributed by atoms with van der Waals surface area (Å²) in [6.45, 7) is 1.39. The number of hydrogen-bond donors (Lipinski definition) is 0. The van der Waals surface area contributed by atoms with Crippen molar-refractivity contribution in [2.75, 3.05) is 7.11 Å². The Morgan fingerprint density at radius 2 is 1.85 bits per heavy atom. The van der Waals surface area contributed by atoms with Crippen LogP contribution in [0.2, 0.25) is 0 Å². The van der Waals surface area contributed by atoms with Crippen molar-refractivity contribution in [3.8, 4) is 0 Å². The molecule has 0 spiro atoms. The summed E-state index contributed by atoms with van der Waals surface area (Å²) in [6, 6.07) is 0. The van der Waals surface area contributed by atoms with E-state index in [0.29, 0.717) is 12.8 Å². The molecule has 0 aliphatic heterocycles. The maximum Gasteiger partial charge on any atom is 0.420 e. The summed E-state index contributed by atoms with van der Waals surface area (Å²) in [7, 11) is 0.994. The zero-order valence-electron chi connectivity index (χ0n) is 14.6. The summed E-state index contributed by atoms with van der Waals surface area (Å²) in [5.41, 5.74) is -2.83. The first-order chi connectivity index (χ1) is 12.0. The highest BCUT2D eigenvalue weighted by Gasteiger charge is 2.54. The molecule has 0 aromatic carbocycles. The average Bonchev–Trinajstić information content (AvgIpc) is 3.10. The van der Waals surface area contributed by atoms with Crippen molar-refractivity contribution in [3.63, 3.8) is 0 Å². The van der Waals surface area contributed by atoms with Crippen molar-refractivity contribution in [2.45, 2.75) is 70.0 Å². The first-order valence-corrected chi connectivity index (χ1v) is 8.60. The lowest BCUT2D eigenvalue weighted by Crippen LogP contribution is -2.47. The van der Waals surface area contributed by atoms with E-state index in [4.69, 9.17) is 0 Å². The number of rotatable bonds is 4. The van der Waals surface area contributed by atoms with E-state index in [1.807, 2.05) is 0 Å². The Morgan fingerprint density at radius 3 is 2.31 bits per heavy atom. The molecule has 0 amide bonds. The molecular formula is C17H21F5N2O2. The molecule has 0 saturated heterocycles. The van der Waals surface area contributed by atoms with Gasteiger partial charge in [-0.2, -0.15) is 18.3 Å². The second-order valence-electron chi connectivity index (χ2n) is 7.76. The molecule has 4 nitrogen and oxygen atoms in total. The van der Waals surface area contributed by atoms with E-state index in [1.165, 1.54) is 0 Å². The smallest absolute Gasteiger partial charge is 0.420 e. The lowest BCUT2D eigenvalue weighted by Gasteiger charge is -2.44. The fourth-order valence-corrected chi connectivity index (χ4v) is 4.33. The SMILES string of the molecule is COC(=O)c1c(C(F)(F)F)c(C2CCCC2)nn1CC1(C)CC(F)(F)C1. The van der Waals surface area contributed by atoms with Gasteiger partial charge in [0.05, 0.1) is 12.8 Å². The summed E-state index contributed by atoms with van der Waals surface area (Å²) in [5, 5.41) is 4.09. The minimum atomic E-state index is -4.77. The topological polar surface area (TPSA) is 44.1 Å². The number of halogens is 5. The summed E-state index contributed by atoms with van der Waals surface area (Å²) >= 11 is 0. The maximum atomic E-state index is 13.7. The van der Waals surface area contributed by atoms with Gasteiger partial charge in [0.1, 0.15) is 5.56 Å². The van der Waals surface area contributed by atoms with E-state index in [-0.39, 0.29) is 18.2 Å². The van der Waals surface area contributed by atoms with E-state index in [1.54, 1.807) is 6.92 Å². The van der Waals surface area contributed by atoms with Gasteiger partial charge in [-0.25, -0.2) is 13.6 Å². The van der Waals surface area contributed by atoms with Gasteiger partial charge in [-0.1, -0.05) is 19.8 Å². The number of alkyl halides is 5. The molecule has 1 heterocycles. The van der Waals surface area contributed by atoms with Gasteiger partial charge >= 0.3 is 12.1 Å². The number of nitrogens with zero attached hydrogens (tertiary/aromatic N) is 2. The quantitative estimate of drug-likeness (QED) is 0.558. The standard InChI is InChI=1S/C17H21F5N2O2/c1-15(7-16(18,19)8-15)9-24-13(14(25)26-2)11(17(20,21)22)12(23-24)10-5-3-4-6-10/h10H,3-9H2,1-2H3. The summed E-state index contributed by atoms with van der Waals surface area (Å²) in [4.78, 5) is 12.1. The number of esters is 1. The summed E-state index contributed by atoms with van der Waals surface area (Å²) in [5.74, 6) is -4.36. The maximum absolute atomic E-state index is 13.7. The minimum absolute atomic E-state index is 0.162. The predicted octanol–water partition coefficient (Wildman–Crippen LogP) is 4.78. The fourth-order valence-electron chi connectivity index (χ4n) is 4.33. The first kappa shape index (κ1) is 19.1. The normalized spacial score (nSPS) is 22.3. The Balaban J connectivity index is 2.06. The Kier molecular flexibility index (Phi) is 4.55. The molecule has 0 bridgehead atoms. The molecule has 1 aromatic heterocycles. The van der Waals surface area contributed by atoms with Crippen LogP contribution >= 0.6 is 0 Å². The fraction of sp³-hybridized carbons (Fsp3) is 0.765. The third kappa shape index (κ3) is 3.44. The van der Waals surface area contributed by atoms with Gasteiger partial charge in [0.2, 0.25) is 5.92 Å². The van der Waals surface area contributed by atoms with Crippen LogP contribution in [0.1, 0.15) is 73.1 Å². The van der Waals surface area contributed by atoms with Crippen LogP contribution in [0, 0.1) is 5.41 Å². The van der Waals surface area contributed by atoms with Crippen LogP contribution in [0.15, 0.2) is 0 Å². The van der Waals surface area contributed by atoms with Crippen LogP contribution in [0.5, 0.6) is 0 Å². The van der Waals surface area contributed by atoms with E-state index in [0.717, 1.165) is 24.6 Å². The van der Waals surface area contributed by atoms with Crippen LogP contribution < -0.4 is 0 Å². The van der Waals surface area contributed by atoms with Crippen molar-refractivity contribution in [2.24, 2.45) is 5.41 Å². The number of ether oxygens (including phenoxy) is 1. The Bertz CT molecular complexity index is 697. The third-order valence-electron chi connectivity index (χ3n) is 5.29. The molecule has 3 rings (SSSR count). The highest BCUT2D eigenvalue weighted by molar-refractivity contribution is 5.89. The van der Waals surface area contributed by atoms with Crippen LogP contribution in [0.3, 0.4) is 0 Å². The van der Waals surface area contributed by atoms with Gasteiger partial charge in [-0.05, 0) is 18.3 Å². The van der Waals surface area contributed by atoms with Crippen molar-refractivity contribution < 1.29 is 31.5 Å². The second kappa shape index (κ2) is 6.20. The average molecular weight is 380 g/mol. The lowest BCUT2D eigenvalue weighted by atomic mass is 9.67. The van der Waals surface area contributed by atoms with E-state index < -0.39 is 47.6 Å². The van der Waals surface area contributed by atoms with Crippen LogP contribution in [-0.2, 0) is 17.5 Å². The third-order valence-corrected chi connectivity index (χ3v) is 5.29. The molecular weight excluding hydrogens is 359 g/mol. The van der Waals surface area contributed by atoms with E-state index >= 15 is 0 Å². The molecule has 0 radical (unpaired) electrons. The molecule has 1 aromatic rings. The Labute approximate surface area is 147 Å².